The summed E-state index contributed by atoms with van der Waals surface area (Å²) in [6.07, 6.45) is 1.28. The number of carbonyl (C=O) groups excluding carboxylic acids is 1. The summed E-state index contributed by atoms with van der Waals surface area (Å²) in [6.45, 7) is 1.94. The lowest BCUT2D eigenvalue weighted by molar-refractivity contribution is -0.112. The third-order valence-electron chi connectivity index (χ3n) is 3.27. The first-order valence-corrected chi connectivity index (χ1v) is 9.46. The van der Waals surface area contributed by atoms with Gasteiger partial charge in [-0.3, -0.25) is 9.35 Å². The van der Waals surface area contributed by atoms with E-state index in [1.165, 1.54) is 18.3 Å². The molecule has 0 aliphatic rings. The number of nitrogens with zero attached hydrogens (tertiary/aromatic N) is 1. The van der Waals surface area contributed by atoms with Crippen LogP contribution in [0, 0.1) is 18.3 Å². The van der Waals surface area contributed by atoms with Gasteiger partial charge in [-0.15, -0.1) is 0 Å². The van der Waals surface area contributed by atoms with Crippen LogP contribution in [0.25, 0.3) is 0 Å². The van der Waals surface area contributed by atoms with Gasteiger partial charge in [0.2, 0.25) is 0 Å². The maximum absolute atomic E-state index is 12.2. The standard InChI is InChI=1S/C17H14BrN3O4S/c1-11-2-7-16(15(18)8-11)20-10-12(9-19)17(22)21-13-3-5-14(6-4-13)26(23,24)25/h2-8,10,20H,1H3,(H,21,22)(H,23,24,25)/b12-10-. The molecular formula is C17H14BrN3O4S. The molecule has 0 aliphatic heterocycles. The van der Waals surface area contributed by atoms with Gasteiger partial charge in [-0.1, -0.05) is 6.07 Å². The fourth-order valence-corrected chi connectivity index (χ4v) is 3.03. The van der Waals surface area contributed by atoms with Gasteiger partial charge in [0, 0.05) is 16.4 Å². The molecule has 1 amide bonds. The molecule has 26 heavy (non-hydrogen) atoms. The predicted octanol–water partition coefficient (Wildman–Crippen LogP) is 3.46. The van der Waals surface area contributed by atoms with Crippen molar-refractivity contribution in [2.45, 2.75) is 11.8 Å². The van der Waals surface area contributed by atoms with Crippen molar-refractivity contribution in [3.05, 3.63) is 64.3 Å². The van der Waals surface area contributed by atoms with Crippen molar-refractivity contribution >= 4 is 43.3 Å². The minimum atomic E-state index is -4.31. The molecule has 2 aromatic carbocycles. The summed E-state index contributed by atoms with van der Waals surface area (Å²) in [6, 6.07) is 12.3. The van der Waals surface area contributed by atoms with E-state index in [0.717, 1.165) is 22.2 Å². The first kappa shape index (κ1) is 19.7. The average molecular weight is 436 g/mol. The predicted molar refractivity (Wildman–Crippen MR) is 101 cm³/mol. The fourth-order valence-electron chi connectivity index (χ4n) is 1.94. The topological polar surface area (TPSA) is 119 Å². The number of anilines is 2. The molecule has 0 aliphatic carbocycles. The fraction of sp³-hybridized carbons (Fsp3) is 0.0588. The Labute approximate surface area is 159 Å². The van der Waals surface area contributed by atoms with Gasteiger partial charge in [-0.2, -0.15) is 13.7 Å². The van der Waals surface area contributed by atoms with Crippen LogP contribution in [-0.4, -0.2) is 18.9 Å². The van der Waals surface area contributed by atoms with Gasteiger partial charge in [0.15, 0.2) is 0 Å². The van der Waals surface area contributed by atoms with E-state index < -0.39 is 16.0 Å². The number of carbonyl (C=O) groups is 1. The van der Waals surface area contributed by atoms with Crippen LogP contribution in [0.5, 0.6) is 0 Å². The third kappa shape index (κ3) is 5.16. The lowest BCUT2D eigenvalue weighted by atomic mass is 10.2. The van der Waals surface area contributed by atoms with Crippen molar-refractivity contribution < 1.29 is 17.8 Å². The normalized spacial score (nSPS) is 11.5. The number of rotatable bonds is 5. The van der Waals surface area contributed by atoms with Crippen LogP contribution in [0.3, 0.4) is 0 Å². The molecule has 2 aromatic rings. The monoisotopic (exact) mass is 435 g/mol. The Morgan fingerprint density at radius 1 is 1.23 bits per heavy atom. The van der Waals surface area contributed by atoms with E-state index in [0.29, 0.717) is 5.69 Å². The maximum Gasteiger partial charge on any atom is 0.294 e. The Kier molecular flexibility index (Phi) is 6.15. The van der Waals surface area contributed by atoms with Crippen molar-refractivity contribution in [1.82, 2.24) is 0 Å². The van der Waals surface area contributed by atoms with Gasteiger partial charge < -0.3 is 10.6 Å². The summed E-state index contributed by atoms with van der Waals surface area (Å²) in [4.78, 5) is 11.9. The van der Waals surface area contributed by atoms with Crippen LogP contribution in [0.4, 0.5) is 11.4 Å². The van der Waals surface area contributed by atoms with Crippen LogP contribution < -0.4 is 10.6 Å². The van der Waals surface area contributed by atoms with Crippen LogP contribution in [0.1, 0.15) is 5.56 Å². The quantitative estimate of drug-likeness (QED) is 0.375. The van der Waals surface area contributed by atoms with Crippen LogP contribution in [0.15, 0.2) is 63.6 Å². The van der Waals surface area contributed by atoms with Crippen LogP contribution in [0.2, 0.25) is 0 Å². The molecule has 0 heterocycles. The van der Waals surface area contributed by atoms with E-state index in [4.69, 9.17) is 4.55 Å². The first-order valence-electron chi connectivity index (χ1n) is 7.22. The number of hydrogen-bond donors (Lipinski definition) is 3. The Balaban J connectivity index is 2.12. The lowest BCUT2D eigenvalue weighted by Gasteiger charge is -2.07. The van der Waals surface area contributed by atoms with Crippen LogP contribution >= 0.6 is 15.9 Å². The molecule has 0 saturated heterocycles. The highest BCUT2D eigenvalue weighted by atomic mass is 79.9. The Morgan fingerprint density at radius 2 is 1.88 bits per heavy atom. The van der Waals surface area contributed by atoms with Gasteiger partial charge >= 0.3 is 0 Å². The van der Waals surface area contributed by atoms with E-state index in [-0.39, 0.29) is 16.2 Å². The number of halogens is 1. The van der Waals surface area contributed by atoms with Crippen LogP contribution in [-0.2, 0) is 14.9 Å². The minimum absolute atomic E-state index is 0.170. The summed E-state index contributed by atoms with van der Waals surface area (Å²) in [5, 5.41) is 14.5. The highest BCUT2D eigenvalue weighted by Gasteiger charge is 2.12. The van der Waals surface area contributed by atoms with Crippen molar-refractivity contribution in [3.63, 3.8) is 0 Å². The number of hydrogen-bond acceptors (Lipinski definition) is 5. The number of nitrogens with one attached hydrogen (secondary N) is 2. The molecule has 0 fully saturated rings. The van der Waals surface area contributed by atoms with E-state index in [1.54, 1.807) is 12.1 Å². The summed E-state index contributed by atoms with van der Waals surface area (Å²) in [7, 11) is -4.31. The van der Waals surface area contributed by atoms with Gasteiger partial charge in [0.25, 0.3) is 16.0 Å². The summed E-state index contributed by atoms with van der Waals surface area (Å²) in [5.41, 5.74) is 1.85. The van der Waals surface area contributed by atoms with Crippen molar-refractivity contribution in [2.24, 2.45) is 0 Å². The number of benzene rings is 2. The second kappa shape index (κ2) is 8.14. The molecule has 7 nitrogen and oxygen atoms in total. The molecule has 134 valence electrons. The minimum Gasteiger partial charge on any atom is -0.359 e. The largest absolute Gasteiger partial charge is 0.359 e. The van der Waals surface area contributed by atoms with Crippen molar-refractivity contribution in [1.29, 1.82) is 5.26 Å². The second-order valence-electron chi connectivity index (χ2n) is 5.25. The molecule has 0 bridgehead atoms. The molecular weight excluding hydrogens is 422 g/mol. The van der Waals surface area contributed by atoms with E-state index in [9.17, 15) is 18.5 Å². The Morgan fingerprint density at radius 3 is 2.42 bits per heavy atom. The maximum atomic E-state index is 12.2. The number of nitriles is 1. The second-order valence-corrected chi connectivity index (χ2v) is 7.53. The van der Waals surface area contributed by atoms with Crippen molar-refractivity contribution in [3.8, 4) is 6.07 Å². The highest BCUT2D eigenvalue weighted by Crippen LogP contribution is 2.23. The average Bonchev–Trinajstić information content (AvgIpc) is 2.56. The summed E-state index contributed by atoms with van der Waals surface area (Å²) in [5.74, 6) is -0.664. The molecule has 0 spiro atoms. The first-order chi connectivity index (χ1) is 12.2. The zero-order valence-electron chi connectivity index (χ0n) is 13.5. The molecule has 0 radical (unpaired) electrons. The Bertz CT molecular complexity index is 1010. The SMILES string of the molecule is Cc1ccc(N/C=C(/C#N)C(=O)Nc2ccc(S(=O)(=O)O)cc2)c(Br)c1. The molecule has 0 saturated carbocycles. The molecule has 0 aromatic heterocycles. The van der Waals surface area contributed by atoms with Gasteiger partial charge in [0.05, 0.1) is 10.6 Å². The smallest absolute Gasteiger partial charge is 0.294 e. The number of aryl methyl sites for hydroxylation is 1. The molecule has 2 rings (SSSR count). The van der Waals surface area contributed by atoms with Gasteiger partial charge in [-0.05, 0) is 64.8 Å². The highest BCUT2D eigenvalue weighted by molar-refractivity contribution is 9.10. The van der Waals surface area contributed by atoms with Gasteiger partial charge in [-0.25, -0.2) is 0 Å². The van der Waals surface area contributed by atoms with Crippen molar-refractivity contribution in [2.75, 3.05) is 10.6 Å². The third-order valence-corrected chi connectivity index (χ3v) is 4.80. The zero-order chi connectivity index (χ0) is 19.3. The zero-order valence-corrected chi connectivity index (χ0v) is 15.9. The van der Waals surface area contributed by atoms with E-state index in [2.05, 4.69) is 26.6 Å². The van der Waals surface area contributed by atoms with E-state index >= 15 is 0 Å². The molecule has 0 unspecified atom stereocenters. The molecule has 0 atom stereocenters. The van der Waals surface area contributed by atoms with E-state index in [1.807, 2.05) is 19.1 Å². The van der Waals surface area contributed by atoms with Gasteiger partial charge in [0.1, 0.15) is 11.6 Å². The molecule has 9 heteroatoms. The number of amides is 1. The Hall–Kier alpha value is -2.67. The summed E-state index contributed by atoms with van der Waals surface area (Å²) >= 11 is 3.39. The molecule has 3 N–H and O–H groups in total. The lowest BCUT2D eigenvalue weighted by Crippen LogP contribution is -2.14. The summed E-state index contributed by atoms with van der Waals surface area (Å²) < 4.78 is 31.7.